The molecule has 0 aliphatic carbocycles. The van der Waals surface area contributed by atoms with Gasteiger partial charge < -0.3 is 11.1 Å². The molecule has 0 spiro atoms. The van der Waals surface area contributed by atoms with Gasteiger partial charge in [-0.25, -0.2) is 0 Å². The Hall–Kier alpha value is -0.0900. The van der Waals surface area contributed by atoms with Crippen molar-refractivity contribution in [1.29, 1.82) is 0 Å². The SMILES string of the molecule is CC(C)C(CCN)CCCNCc1ccc(Cl)s1. The first-order chi connectivity index (χ1) is 8.63. The van der Waals surface area contributed by atoms with Crippen molar-refractivity contribution in [3.05, 3.63) is 21.3 Å². The van der Waals surface area contributed by atoms with E-state index in [-0.39, 0.29) is 0 Å². The molecule has 2 nitrogen and oxygen atoms in total. The Kier molecular flexibility index (Phi) is 7.91. The minimum absolute atomic E-state index is 0.740. The van der Waals surface area contributed by atoms with Gasteiger partial charge in [-0.1, -0.05) is 25.4 Å². The van der Waals surface area contributed by atoms with Crippen molar-refractivity contribution in [2.45, 2.75) is 39.7 Å². The summed E-state index contributed by atoms with van der Waals surface area (Å²) in [5.74, 6) is 1.51. The van der Waals surface area contributed by atoms with Crippen molar-refractivity contribution >= 4 is 22.9 Å². The third-order valence-corrected chi connectivity index (χ3v) is 4.57. The van der Waals surface area contributed by atoms with E-state index in [0.29, 0.717) is 0 Å². The number of thiophene rings is 1. The molecule has 0 saturated carbocycles. The van der Waals surface area contributed by atoms with Crippen LogP contribution in [0.2, 0.25) is 4.34 Å². The summed E-state index contributed by atoms with van der Waals surface area (Å²) in [6.07, 6.45) is 3.65. The maximum Gasteiger partial charge on any atom is 0.0931 e. The van der Waals surface area contributed by atoms with Crippen molar-refractivity contribution in [3.63, 3.8) is 0 Å². The van der Waals surface area contributed by atoms with E-state index in [2.05, 4.69) is 25.2 Å². The second kappa shape index (κ2) is 8.92. The van der Waals surface area contributed by atoms with Crippen molar-refractivity contribution in [3.8, 4) is 0 Å². The van der Waals surface area contributed by atoms with Gasteiger partial charge in [-0.2, -0.15) is 0 Å². The molecule has 0 saturated heterocycles. The van der Waals surface area contributed by atoms with Crippen LogP contribution < -0.4 is 11.1 Å². The fraction of sp³-hybridized carbons (Fsp3) is 0.714. The smallest absolute Gasteiger partial charge is 0.0931 e. The minimum atomic E-state index is 0.740. The molecule has 1 aromatic heterocycles. The van der Waals surface area contributed by atoms with E-state index in [1.165, 1.54) is 17.7 Å². The average Bonchev–Trinajstić information content (AvgIpc) is 2.73. The highest BCUT2D eigenvalue weighted by atomic mass is 35.5. The topological polar surface area (TPSA) is 38.0 Å². The summed E-state index contributed by atoms with van der Waals surface area (Å²) in [6.45, 7) is 7.40. The zero-order chi connectivity index (χ0) is 13.4. The van der Waals surface area contributed by atoms with Gasteiger partial charge in [0.05, 0.1) is 4.34 Å². The zero-order valence-corrected chi connectivity index (χ0v) is 13.0. The molecule has 1 heterocycles. The van der Waals surface area contributed by atoms with E-state index < -0.39 is 0 Å². The van der Waals surface area contributed by atoms with Crippen LogP contribution in [0.15, 0.2) is 12.1 Å². The Morgan fingerprint density at radius 1 is 1.33 bits per heavy atom. The quantitative estimate of drug-likeness (QED) is 0.677. The van der Waals surface area contributed by atoms with Crippen LogP contribution in [0, 0.1) is 11.8 Å². The number of halogens is 1. The van der Waals surface area contributed by atoms with Crippen molar-refractivity contribution in [2.75, 3.05) is 13.1 Å². The van der Waals surface area contributed by atoms with Crippen LogP contribution in [-0.4, -0.2) is 13.1 Å². The second-order valence-corrected chi connectivity index (χ2v) is 6.91. The lowest BCUT2D eigenvalue weighted by Gasteiger charge is -2.19. The molecular weight excluding hydrogens is 264 g/mol. The van der Waals surface area contributed by atoms with Gasteiger partial charge in [-0.3, -0.25) is 0 Å². The average molecular weight is 289 g/mol. The third kappa shape index (κ3) is 6.19. The summed E-state index contributed by atoms with van der Waals surface area (Å²) in [6, 6.07) is 4.05. The Bertz CT molecular complexity index is 325. The Balaban J connectivity index is 2.10. The largest absolute Gasteiger partial charge is 0.330 e. The van der Waals surface area contributed by atoms with E-state index >= 15 is 0 Å². The molecule has 0 fully saturated rings. The van der Waals surface area contributed by atoms with E-state index in [9.17, 15) is 0 Å². The normalized spacial score (nSPS) is 13.2. The Morgan fingerprint density at radius 3 is 2.67 bits per heavy atom. The number of hydrogen-bond acceptors (Lipinski definition) is 3. The highest BCUT2D eigenvalue weighted by Gasteiger charge is 2.11. The molecule has 1 unspecified atom stereocenters. The molecule has 104 valence electrons. The molecule has 3 N–H and O–H groups in total. The first-order valence-electron chi connectivity index (χ1n) is 6.78. The maximum absolute atomic E-state index is 5.89. The highest BCUT2D eigenvalue weighted by Crippen LogP contribution is 2.21. The Morgan fingerprint density at radius 2 is 2.11 bits per heavy atom. The summed E-state index contributed by atoms with van der Waals surface area (Å²) in [5, 5.41) is 3.47. The van der Waals surface area contributed by atoms with Gasteiger partial charge in [0.1, 0.15) is 0 Å². The van der Waals surface area contributed by atoms with Crippen LogP contribution in [0.1, 0.15) is 38.0 Å². The molecule has 1 aromatic rings. The molecule has 0 radical (unpaired) electrons. The minimum Gasteiger partial charge on any atom is -0.330 e. The van der Waals surface area contributed by atoms with Crippen LogP contribution in [0.5, 0.6) is 0 Å². The van der Waals surface area contributed by atoms with Crippen LogP contribution in [0.25, 0.3) is 0 Å². The van der Waals surface area contributed by atoms with Crippen molar-refractivity contribution in [1.82, 2.24) is 5.32 Å². The van der Waals surface area contributed by atoms with Crippen LogP contribution in [-0.2, 0) is 6.54 Å². The fourth-order valence-electron chi connectivity index (χ4n) is 2.17. The van der Waals surface area contributed by atoms with E-state index in [1.54, 1.807) is 11.3 Å². The van der Waals surface area contributed by atoms with Crippen LogP contribution in [0.3, 0.4) is 0 Å². The first-order valence-corrected chi connectivity index (χ1v) is 7.98. The maximum atomic E-state index is 5.89. The molecule has 0 bridgehead atoms. The summed E-state index contributed by atoms with van der Waals surface area (Å²) in [5.41, 5.74) is 5.65. The second-order valence-electron chi connectivity index (χ2n) is 5.11. The predicted molar refractivity (Wildman–Crippen MR) is 82.3 cm³/mol. The molecule has 18 heavy (non-hydrogen) atoms. The van der Waals surface area contributed by atoms with Crippen LogP contribution in [0.4, 0.5) is 0 Å². The molecular formula is C14H25ClN2S. The van der Waals surface area contributed by atoms with E-state index in [4.69, 9.17) is 17.3 Å². The first kappa shape index (κ1) is 16.0. The van der Waals surface area contributed by atoms with Gasteiger partial charge in [0.15, 0.2) is 0 Å². The lowest BCUT2D eigenvalue weighted by atomic mass is 9.88. The molecule has 1 atom stereocenters. The molecule has 4 heteroatoms. The molecule has 1 rings (SSSR count). The number of hydrogen-bond donors (Lipinski definition) is 2. The van der Waals surface area contributed by atoms with E-state index in [1.807, 2.05) is 6.07 Å². The zero-order valence-electron chi connectivity index (χ0n) is 11.4. The standard InChI is InChI=1S/C14H25ClN2S/c1-11(2)12(7-8-16)4-3-9-17-10-13-5-6-14(15)18-13/h5-6,11-12,17H,3-4,7-10,16H2,1-2H3. The molecule has 0 aliphatic rings. The summed E-state index contributed by atoms with van der Waals surface area (Å²) >= 11 is 7.54. The van der Waals surface area contributed by atoms with Gasteiger partial charge in [-0.05, 0) is 56.3 Å². The predicted octanol–water partition coefficient (Wildman–Crippen LogP) is 3.89. The molecule has 0 amide bonds. The van der Waals surface area contributed by atoms with Gasteiger partial charge in [-0.15, -0.1) is 11.3 Å². The number of nitrogens with two attached hydrogens (primary N) is 1. The van der Waals surface area contributed by atoms with Crippen molar-refractivity contribution in [2.24, 2.45) is 17.6 Å². The third-order valence-electron chi connectivity index (χ3n) is 3.34. The van der Waals surface area contributed by atoms with E-state index in [0.717, 1.165) is 42.2 Å². The van der Waals surface area contributed by atoms with Gasteiger partial charge in [0.2, 0.25) is 0 Å². The summed E-state index contributed by atoms with van der Waals surface area (Å²) in [4.78, 5) is 1.31. The van der Waals surface area contributed by atoms with Gasteiger partial charge >= 0.3 is 0 Å². The lowest BCUT2D eigenvalue weighted by molar-refractivity contribution is 0.331. The number of nitrogens with one attached hydrogen (secondary N) is 1. The molecule has 0 aliphatic heterocycles. The molecule has 0 aromatic carbocycles. The Labute approximate surface area is 120 Å². The number of rotatable bonds is 9. The summed E-state index contributed by atoms with van der Waals surface area (Å²) < 4.78 is 0.870. The van der Waals surface area contributed by atoms with Gasteiger partial charge in [0.25, 0.3) is 0 Å². The van der Waals surface area contributed by atoms with Crippen molar-refractivity contribution < 1.29 is 0 Å². The monoisotopic (exact) mass is 288 g/mol. The summed E-state index contributed by atoms with van der Waals surface area (Å²) in [7, 11) is 0. The van der Waals surface area contributed by atoms with Crippen LogP contribution >= 0.6 is 22.9 Å². The highest BCUT2D eigenvalue weighted by molar-refractivity contribution is 7.16. The fourth-order valence-corrected chi connectivity index (χ4v) is 3.23. The van der Waals surface area contributed by atoms with Gasteiger partial charge in [0, 0.05) is 11.4 Å². The lowest BCUT2D eigenvalue weighted by Crippen LogP contribution is -2.18.